The Bertz CT molecular complexity index is 695. The van der Waals surface area contributed by atoms with Crippen LogP contribution in [0.2, 0.25) is 0 Å². The van der Waals surface area contributed by atoms with Gasteiger partial charge in [-0.1, -0.05) is 23.8 Å². The lowest BCUT2D eigenvalue weighted by Crippen LogP contribution is -2.07. The summed E-state index contributed by atoms with van der Waals surface area (Å²) in [7, 11) is 0. The summed E-state index contributed by atoms with van der Waals surface area (Å²) < 4.78 is 17.3. The summed E-state index contributed by atoms with van der Waals surface area (Å²) in [6, 6.07) is 11.8. The molecule has 0 bridgehead atoms. The molecular formula is C19H22O3S. The second kappa shape index (κ2) is 7.97. The highest BCUT2D eigenvalue weighted by molar-refractivity contribution is 7.80. The number of rotatable bonds is 6. The van der Waals surface area contributed by atoms with E-state index in [2.05, 4.69) is 13.0 Å². The molecular weight excluding hydrogens is 308 g/mol. The summed E-state index contributed by atoms with van der Waals surface area (Å²) in [5.74, 6) is 2.28. The van der Waals surface area contributed by atoms with Crippen LogP contribution in [0.5, 0.6) is 17.2 Å². The topological polar surface area (TPSA) is 27.7 Å². The minimum absolute atomic E-state index is 0.359. The van der Waals surface area contributed by atoms with Crippen molar-refractivity contribution < 1.29 is 14.2 Å². The van der Waals surface area contributed by atoms with Gasteiger partial charge in [-0.25, -0.2) is 0 Å². The van der Waals surface area contributed by atoms with Gasteiger partial charge in [-0.2, -0.15) is 0 Å². The molecule has 122 valence electrons. The zero-order valence-electron chi connectivity index (χ0n) is 14.0. The molecule has 2 aromatic rings. The molecule has 2 rings (SSSR count). The minimum atomic E-state index is 0.359. The van der Waals surface area contributed by atoms with Gasteiger partial charge >= 0.3 is 0 Å². The average Bonchev–Trinajstić information content (AvgIpc) is 2.48. The summed E-state index contributed by atoms with van der Waals surface area (Å²) in [4.78, 5) is 0. The average molecular weight is 330 g/mol. The number of hydrogen-bond acceptors (Lipinski definition) is 4. The van der Waals surface area contributed by atoms with Crippen LogP contribution in [0, 0.1) is 13.8 Å². The van der Waals surface area contributed by atoms with Crippen LogP contribution in [0.25, 0.3) is 0 Å². The van der Waals surface area contributed by atoms with Crippen LogP contribution in [0.3, 0.4) is 0 Å². The first kappa shape index (κ1) is 17.3. The first-order chi connectivity index (χ1) is 11.0. The van der Waals surface area contributed by atoms with Gasteiger partial charge < -0.3 is 14.2 Å². The molecule has 0 atom stereocenters. The summed E-state index contributed by atoms with van der Waals surface area (Å²) in [6.07, 6.45) is 0. The highest BCUT2D eigenvalue weighted by atomic mass is 32.1. The number of hydrogen-bond donors (Lipinski definition) is 0. The molecule has 0 saturated heterocycles. The third-order valence-corrected chi connectivity index (χ3v) is 3.43. The third-order valence-electron chi connectivity index (χ3n) is 3.35. The summed E-state index contributed by atoms with van der Waals surface area (Å²) in [5.41, 5.74) is 3.18. The maximum absolute atomic E-state index is 5.98. The first-order valence-electron chi connectivity index (χ1n) is 7.64. The van der Waals surface area contributed by atoms with Gasteiger partial charge in [0.15, 0.2) is 5.05 Å². The summed E-state index contributed by atoms with van der Waals surface area (Å²) in [5, 5.41) is 0.464. The standard InChI is InChI=1S/C19H22O3S/c1-5-20-18-7-6-8-19(22-15(4)23)16(18)12-21-17-10-9-13(2)11-14(17)3/h6-11H,5,12H2,1-4H3. The molecule has 0 aliphatic carbocycles. The maximum atomic E-state index is 5.98. The van der Waals surface area contributed by atoms with Gasteiger partial charge in [0, 0.05) is 6.92 Å². The van der Waals surface area contributed by atoms with E-state index in [4.69, 9.17) is 26.4 Å². The molecule has 3 nitrogen and oxygen atoms in total. The Kier molecular flexibility index (Phi) is 5.99. The second-order valence-electron chi connectivity index (χ2n) is 5.32. The highest BCUT2D eigenvalue weighted by Gasteiger charge is 2.13. The fraction of sp³-hybridized carbons (Fsp3) is 0.316. The van der Waals surface area contributed by atoms with Gasteiger partial charge in [-0.05, 0) is 56.8 Å². The van der Waals surface area contributed by atoms with Crippen LogP contribution in [0.4, 0.5) is 0 Å². The van der Waals surface area contributed by atoms with Crippen molar-refractivity contribution in [3.05, 3.63) is 53.1 Å². The first-order valence-corrected chi connectivity index (χ1v) is 8.05. The smallest absolute Gasteiger partial charge is 0.164 e. The van der Waals surface area contributed by atoms with Crippen molar-refractivity contribution in [3.63, 3.8) is 0 Å². The fourth-order valence-electron chi connectivity index (χ4n) is 2.34. The quantitative estimate of drug-likeness (QED) is 0.696. The molecule has 0 fully saturated rings. The molecule has 23 heavy (non-hydrogen) atoms. The third kappa shape index (κ3) is 4.70. The lowest BCUT2D eigenvalue weighted by atomic mass is 10.1. The van der Waals surface area contributed by atoms with Crippen molar-refractivity contribution in [3.8, 4) is 17.2 Å². The summed E-state index contributed by atoms with van der Waals surface area (Å²) in [6.45, 7) is 8.74. The SMILES string of the molecule is CCOc1cccc(OC(C)=S)c1COc1ccc(C)cc1C. The number of ether oxygens (including phenoxy) is 3. The molecule has 0 N–H and O–H groups in total. The lowest BCUT2D eigenvalue weighted by Gasteiger charge is -2.16. The van der Waals surface area contributed by atoms with E-state index in [0.29, 0.717) is 24.0 Å². The normalized spacial score (nSPS) is 10.3. The molecule has 0 heterocycles. The Hall–Kier alpha value is -2.07. The molecule has 0 aliphatic heterocycles. The Morgan fingerprint density at radius 2 is 1.74 bits per heavy atom. The van der Waals surface area contributed by atoms with Crippen molar-refractivity contribution in [2.45, 2.75) is 34.3 Å². The molecule has 0 aromatic heterocycles. The zero-order valence-corrected chi connectivity index (χ0v) is 14.8. The predicted octanol–water partition coefficient (Wildman–Crippen LogP) is 5.01. The van der Waals surface area contributed by atoms with Crippen molar-refractivity contribution in [1.82, 2.24) is 0 Å². The predicted molar refractivity (Wildman–Crippen MR) is 96.8 cm³/mol. The monoisotopic (exact) mass is 330 g/mol. The number of thiocarbonyl (C=S) groups is 1. The molecule has 0 aliphatic rings. The van der Waals surface area contributed by atoms with Crippen LogP contribution in [0.15, 0.2) is 36.4 Å². The van der Waals surface area contributed by atoms with E-state index >= 15 is 0 Å². The van der Waals surface area contributed by atoms with E-state index in [1.165, 1.54) is 5.56 Å². The Labute approximate surface area is 143 Å². The van der Waals surface area contributed by atoms with Gasteiger partial charge in [-0.3, -0.25) is 0 Å². The van der Waals surface area contributed by atoms with E-state index in [9.17, 15) is 0 Å². The second-order valence-corrected chi connectivity index (χ2v) is 5.89. The van der Waals surface area contributed by atoms with E-state index in [1.807, 2.05) is 44.2 Å². The van der Waals surface area contributed by atoms with Crippen molar-refractivity contribution in [1.29, 1.82) is 0 Å². The lowest BCUT2D eigenvalue weighted by molar-refractivity contribution is 0.280. The van der Waals surface area contributed by atoms with E-state index in [-0.39, 0.29) is 0 Å². The Morgan fingerprint density at radius 3 is 2.39 bits per heavy atom. The molecule has 0 unspecified atom stereocenters. The largest absolute Gasteiger partial charge is 0.493 e. The van der Waals surface area contributed by atoms with Gasteiger partial charge in [0.05, 0.1) is 12.2 Å². The number of benzene rings is 2. The molecule has 0 radical (unpaired) electrons. The van der Waals surface area contributed by atoms with E-state index in [0.717, 1.165) is 22.6 Å². The van der Waals surface area contributed by atoms with Crippen LogP contribution in [-0.2, 0) is 6.61 Å². The fourth-order valence-corrected chi connectivity index (χ4v) is 2.43. The maximum Gasteiger partial charge on any atom is 0.164 e. The van der Waals surface area contributed by atoms with Gasteiger partial charge in [0.25, 0.3) is 0 Å². The summed E-state index contributed by atoms with van der Waals surface area (Å²) >= 11 is 5.05. The van der Waals surface area contributed by atoms with Crippen molar-refractivity contribution in [2.24, 2.45) is 0 Å². The van der Waals surface area contributed by atoms with Crippen LogP contribution in [-0.4, -0.2) is 11.7 Å². The van der Waals surface area contributed by atoms with Crippen molar-refractivity contribution in [2.75, 3.05) is 6.61 Å². The number of aryl methyl sites for hydroxylation is 2. The van der Waals surface area contributed by atoms with E-state index in [1.54, 1.807) is 6.92 Å². The van der Waals surface area contributed by atoms with Crippen LogP contribution >= 0.6 is 12.2 Å². The van der Waals surface area contributed by atoms with Gasteiger partial charge in [-0.15, -0.1) is 0 Å². The van der Waals surface area contributed by atoms with Crippen LogP contribution < -0.4 is 14.2 Å². The minimum Gasteiger partial charge on any atom is -0.493 e. The molecule has 4 heteroatoms. The van der Waals surface area contributed by atoms with Gasteiger partial charge in [0.2, 0.25) is 0 Å². The van der Waals surface area contributed by atoms with Crippen LogP contribution in [0.1, 0.15) is 30.5 Å². The highest BCUT2D eigenvalue weighted by Crippen LogP contribution is 2.31. The zero-order chi connectivity index (χ0) is 16.8. The van der Waals surface area contributed by atoms with Gasteiger partial charge in [0.1, 0.15) is 23.9 Å². The Morgan fingerprint density at radius 1 is 1.00 bits per heavy atom. The van der Waals surface area contributed by atoms with E-state index < -0.39 is 0 Å². The van der Waals surface area contributed by atoms with Crippen molar-refractivity contribution >= 4 is 17.3 Å². The molecule has 2 aromatic carbocycles. The molecule has 0 saturated carbocycles. The molecule has 0 amide bonds. The Balaban J connectivity index is 2.27. The molecule has 0 spiro atoms.